The number of aromatic nitrogens is 3. The van der Waals surface area contributed by atoms with E-state index in [1.807, 2.05) is 0 Å². The Balaban J connectivity index is 1.70. The second-order valence-electron chi connectivity index (χ2n) is 10.4. The summed E-state index contributed by atoms with van der Waals surface area (Å²) in [6, 6.07) is 1.57. The first kappa shape index (κ1) is 32.3. The van der Waals surface area contributed by atoms with Gasteiger partial charge in [0, 0.05) is 25.0 Å². The van der Waals surface area contributed by atoms with E-state index in [9.17, 15) is 41.4 Å². The first-order chi connectivity index (χ1) is 20.2. The summed E-state index contributed by atoms with van der Waals surface area (Å²) >= 11 is 12.1. The lowest BCUT2D eigenvalue weighted by molar-refractivity contribution is -0.145. The molecular weight excluding hydrogens is 622 g/mol. The Kier molecular flexibility index (Phi) is 9.75. The van der Waals surface area contributed by atoms with E-state index in [1.165, 1.54) is 0 Å². The monoisotopic (exact) mass is 646 g/mol. The van der Waals surface area contributed by atoms with Crippen LogP contribution in [0.4, 0.5) is 22.0 Å². The number of amides is 1. The number of carbonyl (C=O) groups is 3. The molecule has 15 heteroatoms. The van der Waals surface area contributed by atoms with E-state index >= 15 is 0 Å². The number of Topliss-reactive ketones (excluding diaryl/α,β-unsaturated/α-hetero) is 1. The molecule has 0 spiro atoms. The third kappa shape index (κ3) is 7.32. The van der Waals surface area contributed by atoms with Crippen molar-refractivity contribution in [1.82, 2.24) is 19.7 Å². The SMILES string of the molecule is CC(C(=O)O)[C@H]1CC[C@H](n2ncc(C(=O)N(CC(=O)c3c(Cl)cncc3Cl)Cc3cc(F)cc(F)c3)c2C(F)(F)F)CC1. The highest BCUT2D eigenvalue weighted by atomic mass is 35.5. The fourth-order valence-electron chi connectivity index (χ4n) is 5.35. The van der Waals surface area contributed by atoms with Gasteiger partial charge in [-0.2, -0.15) is 18.3 Å². The van der Waals surface area contributed by atoms with Crippen molar-refractivity contribution in [2.45, 2.75) is 51.4 Å². The zero-order valence-corrected chi connectivity index (χ0v) is 24.1. The molecule has 8 nitrogen and oxygen atoms in total. The minimum atomic E-state index is -5.05. The minimum Gasteiger partial charge on any atom is -0.481 e. The van der Waals surface area contributed by atoms with Gasteiger partial charge < -0.3 is 10.0 Å². The zero-order chi connectivity index (χ0) is 31.6. The Hall–Kier alpha value is -3.58. The summed E-state index contributed by atoms with van der Waals surface area (Å²) in [4.78, 5) is 42.7. The van der Waals surface area contributed by atoms with Crippen molar-refractivity contribution in [2.24, 2.45) is 11.8 Å². The number of carbonyl (C=O) groups excluding carboxylic acids is 2. The minimum absolute atomic E-state index is 0.127. The van der Waals surface area contributed by atoms with Crippen LogP contribution in [0.15, 0.2) is 36.8 Å². The van der Waals surface area contributed by atoms with Gasteiger partial charge in [0.1, 0.15) is 11.6 Å². The predicted molar refractivity (Wildman–Crippen MR) is 145 cm³/mol. The van der Waals surface area contributed by atoms with Gasteiger partial charge in [0.25, 0.3) is 5.91 Å². The molecule has 230 valence electrons. The summed E-state index contributed by atoms with van der Waals surface area (Å²) in [6.07, 6.45) is -0.984. The van der Waals surface area contributed by atoms with Crippen LogP contribution in [0.3, 0.4) is 0 Å². The smallest absolute Gasteiger partial charge is 0.433 e. The molecule has 2 heterocycles. The van der Waals surface area contributed by atoms with Crippen molar-refractivity contribution < 1.29 is 41.4 Å². The Bertz CT molecular complexity index is 1500. The number of carboxylic acids is 1. The maximum Gasteiger partial charge on any atom is 0.433 e. The summed E-state index contributed by atoms with van der Waals surface area (Å²) < 4.78 is 72.0. The number of hydrogen-bond donors (Lipinski definition) is 1. The highest BCUT2D eigenvalue weighted by Gasteiger charge is 2.43. The average Bonchev–Trinajstić information content (AvgIpc) is 3.37. The molecule has 0 radical (unpaired) electrons. The molecule has 2 aromatic heterocycles. The lowest BCUT2D eigenvalue weighted by Crippen LogP contribution is -2.37. The van der Waals surface area contributed by atoms with Crippen molar-refractivity contribution in [3.8, 4) is 0 Å². The van der Waals surface area contributed by atoms with Gasteiger partial charge in [0.15, 0.2) is 11.5 Å². The number of ketones is 1. The van der Waals surface area contributed by atoms with Crippen molar-refractivity contribution in [3.63, 3.8) is 0 Å². The second kappa shape index (κ2) is 13.0. The van der Waals surface area contributed by atoms with Crippen LogP contribution in [0.2, 0.25) is 10.0 Å². The van der Waals surface area contributed by atoms with Crippen molar-refractivity contribution in [3.05, 3.63) is 80.9 Å². The van der Waals surface area contributed by atoms with Gasteiger partial charge in [-0.3, -0.25) is 24.0 Å². The number of alkyl halides is 3. The molecule has 0 bridgehead atoms. The molecule has 1 saturated carbocycles. The topological polar surface area (TPSA) is 105 Å². The van der Waals surface area contributed by atoms with Crippen LogP contribution in [0.1, 0.15) is 70.6 Å². The quantitative estimate of drug-likeness (QED) is 0.201. The van der Waals surface area contributed by atoms with E-state index < -0.39 is 71.8 Å². The van der Waals surface area contributed by atoms with Crippen molar-refractivity contribution >= 4 is 40.9 Å². The van der Waals surface area contributed by atoms with Crippen LogP contribution in [0, 0.1) is 23.5 Å². The van der Waals surface area contributed by atoms with Crippen molar-refractivity contribution in [1.29, 1.82) is 0 Å². The van der Waals surface area contributed by atoms with E-state index in [1.54, 1.807) is 6.92 Å². The van der Waals surface area contributed by atoms with Gasteiger partial charge in [-0.05, 0) is 49.3 Å². The fourth-order valence-corrected chi connectivity index (χ4v) is 5.92. The van der Waals surface area contributed by atoms with Crippen LogP contribution < -0.4 is 0 Å². The molecule has 1 fully saturated rings. The Morgan fingerprint density at radius 3 is 2.14 bits per heavy atom. The number of benzene rings is 1. The number of hydrogen-bond acceptors (Lipinski definition) is 5. The van der Waals surface area contributed by atoms with Crippen LogP contribution in [0.25, 0.3) is 0 Å². The number of carboxylic acid groups (broad SMARTS) is 1. The van der Waals surface area contributed by atoms with Gasteiger partial charge in [-0.25, -0.2) is 8.78 Å². The maximum atomic E-state index is 14.5. The second-order valence-corrected chi connectivity index (χ2v) is 11.2. The summed E-state index contributed by atoms with van der Waals surface area (Å²) in [5.74, 6) is -6.00. The lowest BCUT2D eigenvalue weighted by Gasteiger charge is -2.32. The number of rotatable bonds is 9. The van der Waals surface area contributed by atoms with Crippen LogP contribution in [0.5, 0.6) is 0 Å². The van der Waals surface area contributed by atoms with E-state index in [-0.39, 0.29) is 39.9 Å². The Morgan fingerprint density at radius 1 is 1.02 bits per heavy atom. The molecule has 43 heavy (non-hydrogen) atoms. The highest BCUT2D eigenvalue weighted by molar-refractivity contribution is 6.39. The first-order valence-electron chi connectivity index (χ1n) is 13.1. The molecule has 0 aliphatic heterocycles. The Labute approximate surface area is 252 Å². The van der Waals surface area contributed by atoms with Gasteiger partial charge in [-0.1, -0.05) is 30.1 Å². The van der Waals surface area contributed by atoms with Gasteiger partial charge in [0.05, 0.1) is 45.9 Å². The third-order valence-electron chi connectivity index (χ3n) is 7.53. The number of halogens is 7. The predicted octanol–water partition coefficient (Wildman–Crippen LogP) is 6.86. The van der Waals surface area contributed by atoms with Gasteiger partial charge in [-0.15, -0.1) is 0 Å². The summed E-state index contributed by atoms with van der Waals surface area (Å²) in [6.45, 7) is 0.0626. The van der Waals surface area contributed by atoms with Crippen LogP contribution in [-0.4, -0.2) is 49.0 Å². The molecule has 4 rings (SSSR count). The van der Waals surface area contributed by atoms with E-state index in [0.29, 0.717) is 28.5 Å². The van der Waals surface area contributed by atoms with Crippen molar-refractivity contribution in [2.75, 3.05) is 6.54 Å². The molecule has 1 N–H and O–H groups in total. The van der Waals surface area contributed by atoms with E-state index in [0.717, 1.165) is 30.7 Å². The molecular formula is C28H25Cl2F5N4O4. The normalized spacial score (nSPS) is 17.9. The molecule has 1 aliphatic carbocycles. The zero-order valence-electron chi connectivity index (χ0n) is 22.5. The van der Waals surface area contributed by atoms with E-state index in [2.05, 4.69) is 10.1 Å². The number of nitrogens with zero attached hydrogens (tertiary/aromatic N) is 4. The maximum absolute atomic E-state index is 14.5. The van der Waals surface area contributed by atoms with Gasteiger partial charge in [0.2, 0.25) is 0 Å². The van der Waals surface area contributed by atoms with Gasteiger partial charge >= 0.3 is 12.1 Å². The number of aliphatic carboxylic acids is 1. The molecule has 0 saturated heterocycles. The average molecular weight is 647 g/mol. The Morgan fingerprint density at radius 2 is 1.60 bits per heavy atom. The molecule has 1 atom stereocenters. The highest BCUT2D eigenvalue weighted by Crippen LogP contribution is 2.41. The molecule has 1 unspecified atom stereocenters. The van der Waals surface area contributed by atoms with E-state index in [4.69, 9.17) is 23.2 Å². The molecule has 3 aromatic rings. The largest absolute Gasteiger partial charge is 0.481 e. The molecule has 1 aromatic carbocycles. The molecule has 1 amide bonds. The van der Waals surface area contributed by atoms with Crippen LogP contribution >= 0.6 is 23.2 Å². The fraction of sp³-hybridized carbons (Fsp3) is 0.393. The molecule has 1 aliphatic rings. The first-order valence-corrected chi connectivity index (χ1v) is 13.9. The summed E-state index contributed by atoms with van der Waals surface area (Å²) in [5.41, 5.74) is -2.58. The summed E-state index contributed by atoms with van der Waals surface area (Å²) in [7, 11) is 0. The third-order valence-corrected chi connectivity index (χ3v) is 8.10. The lowest BCUT2D eigenvalue weighted by atomic mass is 9.79. The number of pyridine rings is 1. The standard InChI is InChI=1S/C28H25Cl2F5N4O4/c1-14(27(42)43)16-2-4-19(5-3-16)39-25(28(33,34)35)20(9-37-39)26(41)38(12-15-6-17(31)8-18(32)7-15)13-23(40)24-21(29)10-36-11-22(24)30/h6-11,14,16,19H,2-5,12-13H2,1H3,(H,42,43)/t14?,16-,19-. The summed E-state index contributed by atoms with van der Waals surface area (Å²) in [5, 5.41) is 12.9. The van der Waals surface area contributed by atoms with Crippen LogP contribution in [-0.2, 0) is 17.5 Å².